The Morgan fingerprint density at radius 3 is 2.50 bits per heavy atom. The van der Waals surface area contributed by atoms with Gasteiger partial charge in [0.15, 0.2) is 23.1 Å². The number of para-hydroxylation sites is 1. The number of anilines is 2. The van der Waals surface area contributed by atoms with E-state index in [1.807, 2.05) is 54.6 Å². The second-order valence-corrected chi connectivity index (χ2v) is 9.96. The lowest BCUT2D eigenvalue weighted by atomic mass is 9.94. The lowest BCUT2D eigenvalue weighted by molar-refractivity contribution is -0.113. The zero-order chi connectivity index (χ0) is 30.3. The number of carbonyl (C=O) groups is 2. The Morgan fingerprint density at radius 2 is 1.68 bits per heavy atom. The van der Waals surface area contributed by atoms with E-state index in [0.717, 1.165) is 12.8 Å². The summed E-state index contributed by atoms with van der Waals surface area (Å²) in [5.41, 5.74) is 3.14. The predicted molar refractivity (Wildman–Crippen MR) is 168 cm³/mol. The molecule has 9 nitrogen and oxygen atoms in total. The molecule has 0 saturated carbocycles. The van der Waals surface area contributed by atoms with Crippen molar-refractivity contribution in [1.82, 2.24) is 15.0 Å². The smallest absolute Gasteiger partial charge is 0.186 e. The van der Waals surface area contributed by atoms with Crippen LogP contribution >= 0.6 is 0 Å². The van der Waals surface area contributed by atoms with Crippen LogP contribution in [0.15, 0.2) is 110 Å². The number of carbonyl (C=O) groups excluding carboxylic acids is 2. The predicted octanol–water partition coefficient (Wildman–Crippen LogP) is 6.67. The molecule has 0 fully saturated rings. The highest BCUT2D eigenvalue weighted by atomic mass is 16.5. The molecule has 1 aliphatic carbocycles. The SMILES string of the molecule is COc1cc2c(Nc3ccc(Oc4ccccc4)cc3C3=CC(=O)C=CC3=O)ncnc2cc1OCCCc1ccncc1. The van der Waals surface area contributed by atoms with Crippen molar-refractivity contribution in [3.63, 3.8) is 0 Å². The number of pyridine rings is 1. The third-order valence-corrected chi connectivity index (χ3v) is 7.00. The normalized spacial score (nSPS) is 12.6. The van der Waals surface area contributed by atoms with E-state index in [1.54, 1.807) is 37.7 Å². The van der Waals surface area contributed by atoms with Crippen molar-refractivity contribution in [1.29, 1.82) is 0 Å². The lowest BCUT2D eigenvalue weighted by Gasteiger charge is -2.17. The van der Waals surface area contributed by atoms with Gasteiger partial charge in [0.05, 0.1) is 19.2 Å². The molecule has 0 spiro atoms. The van der Waals surface area contributed by atoms with Crippen LogP contribution in [-0.4, -0.2) is 40.2 Å². The summed E-state index contributed by atoms with van der Waals surface area (Å²) in [4.78, 5) is 38.2. The molecule has 0 amide bonds. The first kappa shape index (κ1) is 28.3. The third-order valence-electron chi connectivity index (χ3n) is 7.00. The number of nitrogens with one attached hydrogen (secondary N) is 1. The molecule has 0 aliphatic heterocycles. The van der Waals surface area contributed by atoms with E-state index in [2.05, 4.69) is 20.3 Å². The van der Waals surface area contributed by atoms with Crippen LogP contribution in [0.3, 0.4) is 0 Å². The molecule has 44 heavy (non-hydrogen) atoms. The maximum atomic E-state index is 12.9. The van der Waals surface area contributed by atoms with E-state index in [9.17, 15) is 9.59 Å². The summed E-state index contributed by atoms with van der Waals surface area (Å²) in [6.07, 6.45) is 10.6. The molecule has 218 valence electrons. The van der Waals surface area contributed by atoms with Crippen molar-refractivity contribution in [2.75, 3.05) is 19.0 Å². The van der Waals surface area contributed by atoms with Crippen LogP contribution in [0.5, 0.6) is 23.0 Å². The number of aryl methyl sites for hydroxylation is 1. The van der Waals surface area contributed by atoms with E-state index in [0.29, 0.717) is 57.6 Å². The van der Waals surface area contributed by atoms with E-state index in [4.69, 9.17) is 14.2 Å². The molecule has 5 aromatic rings. The van der Waals surface area contributed by atoms with Crippen molar-refractivity contribution in [3.05, 3.63) is 121 Å². The molecule has 0 unspecified atom stereocenters. The second kappa shape index (κ2) is 13.0. The van der Waals surface area contributed by atoms with E-state index >= 15 is 0 Å². The molecule has 6 rings (SSSR count). The number of fused-ring (bicyclic) bond motifs is 1. The number of rotatable bonds is 11. The molecule has 9 heteroatoms. The fourth-order valence-corrected chi connectivity index (χ4v) is 4.83. The number of aromatic nitrogens is 3. The average molecular weight is 585 g/mol. The van der Waals surface area contributed by atoms with Gasteiger partial charge in [0.2, 0.25) is 0 Å². The zero-order valence-corrected chi connectivity index (χ0v) is 23.9. The van der Waals surface area contributed by atoms with Gasteiger partial charge in [-0.15, -0.1) is 0 Å². The monoisotopic (exact) mass is 584 g/mol. The summed E-state index contributed by atoms with van der Waals surface area (Å²) in [7, 11) is 1.58. The number of ketones is 2. The summed E-state index contributed by atoms with van der Waals surface area (Å²) in [6.45, 7) is 0.497. The fraction of sp³-hybridized carbons (Fsp3) is 0.114. The molecule has 1 N–H and O–H groups in total. The summed E-state index contributed by atoms with van der Waals surface area (Å²) >= 11 is 0. The molecule has 3 aromatic carbocycles. The first-order chi connectivity index (χ1) is 21.6. The minimum atomic E-state index is -0.288. The number of allylic oxidation sites excluding steroid dienone is 4. The molecule has 0 bridgehead atoms. The molecular formula is C35H28N4O5. The molecule has 2 aromatic heterocycles. The van der Waals surface area contributed by atoms with Crippen molar-refractivity contribution >= 4 is 39.5 Å². The number of nitrogens with zero attached hydrogens (tertiary/aromatic N) is 3. The van der Waals surface area contributed by atoms with Crippen LogP contribution < -0.4 is 19.5 Å². The largest absolute Gasteiger partial charge is 0.493 e. The van der Waals surface area contributed by atoms with Gasteiger partial charge < -0.3 is 19.5 Å². The van der Waals surface area contributed by atoms with Gasteiger partial charge in [-0.3, -0.25) is 14.6 Å². The van der Waals surface area contributed by atoms with Crippen LogP contribution in [0.2, 0.25) is 0 Å². The van der Waals surface area contributed by atoms with Crippen LogP contribution in [0.1, 0.15) is 17.5 Å². The minimum absolute atomic E-state index is 0.247. The number of ether oxygens (including phenoxy) is 3. The first-order valence-corrected chi connectivity index (χ1v) is 14.0. The Bertz CT molecular complexity index is 1890. The molecule has 0 radical (unpaired) electrons. The Hall–Kier alpha value is -5.83. The van der Waals surface area contributed by atoms with Gasteiger partial charge in [-0.25, -0.2) is 9.97 Å². The first-order valence-electron chi connectivity index (χ1n) is 14.0. The maximum Gasteiger partial charge on any atom is 0.186 e. The van der Waals surface area contributed by atoms with Gasteiger partial charge in [-0.1, -0.05) is 18.2 Å². The van der Waals surface area contributed by atoms with Gasteiger partial charge >= 0.3 is 0 Å². The van der Waals surface area contributed by atoms with Crippen LogP contribution in [0, 0.1) is 0 Å². The molecule has 0 atom stereocenters. The van der Waals surface area contributed by atoms with Gasteiger partial charge in [-0.2, -0.15) is 0 Å². The summed E-state index contributed by atoms with van der Waals surface area (Å²) in [6, 6.07) is 22.2. The van der Waals surface area contributed by atoms with Crippen LogP contribution in [0.25, 0.3) is 16.5 Å². The Kier molecular flexibility index (Phi) is 8.36. The molecule has 0 saturated heterocycles. The van der Waals surface area contributed by atoms with Crippen LogP contribution in [0.4, 0.5) is 11.5 Å². The van der Waals surface area contributed by atoms with Crippen molar-refractivity contribution in [2.24, 2.45) is 0 Å². The highest BCUT2D eigenvalue weighted by Gasteiger charge is 2.21. The fourth-order valence-electron chi connectivity index (χ4n) is 4.83. The van der Waals surface area contributed by atoms with Crippen molar-refractivity contribution < 1.29 is 23.8 Å². The zero-order valence-electron chi connectivity index (χ0n) is 23.9. The summed E-state index contributed by atoms with van der Waals surface area (Å²) in [5, 5.41) is 4.03. The number of methoxy groups -OCH3 is 1. The van der Waals surface area contributed by atoms with Crippen LogP contribution in [-0.2, 0) is 16.0 Å². The highest BCUT2D eigenvalue weighted by molar-refractivity contribution is 6.34. The third kappa shape index (κ3) is 6.47. The van der Waals surface area contributed by atoms with E-state index in [1.165, 1.54) is 30.1 Å². The quantitative estimate of drug-likeness (QED) is 0.134. The van der Waals surface area contributed by atoms with E-state index < -0.39 is 0 Å². The van der Waals surface area contributed by atoms with Gasteiger partial charge in [0.1, 0.15) is 23.6 Å². The second-order valence-electron chi connectivity index (χ2n) is 9.96. The van der Waals surface area contributed by atoms with Gasteiger partial charge in [-0.05, 0) is 85.2 Å². The number of hydrogen-bond acceptors (Lipinski definition) is 9. The Morgan fingerprint density at radius 1 is 0.841 bits per heavy atom. The number of hydrogen-bond donors (Lipinski definition) is 1. The molecule has 1 aliphatic rings. The van der Waals surface area contributed by atoms with Crippen molar-refractivity contribution in [3.8, 4) is 23.0 Å². The van der Waals surface area contributed by atoms with Crippen molar-refractivity contribution in [2.45, 2.75) is 12.8 Å². The maximum absolute atomic E-state index is 12.9. The molecular weight excluding hydrogens is 556 g/mol. The average Bonchev–Trinajstić information content (AvgIpc) is 3.05. The summed E-state index contributed by atoms with van der Waals surface area (Å²) < 4.78 is 17.8. The standard InChI is InChI=1S/C35H28N4O5/c1-42-33-20-29-31(21-34(33)43-17-5-6-23-13-15-36-16-14-23)37-22-38-35(29)39-30-11-10-26(44-25-7-3-2-4-8-25)19-27(30)28-18-24(40)9-12-32(28)41/h2-4,7-16,18-22H,5-6,17H2,1H3,(H,37,38,39). The van der Waals surface area contributed by atoms with Gasteiger partial charge in [0.25, 0.3) is 0 Å². The van der Waals surface area contributed by atoms with Gasteiger partial charge in [0, 0.05) is 40.7 Å². The summed E-state index contributed by atoms with van der Waals surface area (Å²) in [5.74, 6) is 2.18. The van der Waals surface area contributed by atoms with E-state index in [-0.39, 0.29) is 17.1 Å². The highest BCUT2D eigenvalue weighted by Crippen LogP contribution is 2.38. The minimum Gasteiger partial charge on any atom is -0.493 e. The number of benzene rings is 3. The Balaban J connectivity index is 1.30. The topological polar surface area (TPSA) is 113 Å². The lowest BCUT2D eigenvalue weighted by Crippen LogP contribution is -2.09. The Labute approximate surface area is 253 Å². The molecule has 2 heterocycles.